The molecule has 68 valence electrons. The molecule has 0 bridgehead atoms. The van der Waals surface area contributed by atoms with Gasteiger partial charge in [0.05, 0.1) is 5.75 Å². The van der Waals surface area contributed by atoms with Gasteiger partial charge in [0.25, 0.3) is 0 Å². The van der Waals surface area contributed by atoms with Crippen molar-refractivity contribution in [3.63, 3.8) is 0 Å². The first kappa shape index (κ1) is 9.68. The van der Waals surface area contributed by atoms with Crippen LogP contribution in [-0.4, -0.2) is 12.3 Å². The second kappa shape index (κ2) is 5.27. The molecule has 2 nitrogen and oxygen atoms in total. The predicted octanol–water partition coefficient (Wildman–Crippen LogP) is 2.17. The number of nitrogens with two attached hydrogens (primary N) is 1. The van der Waals surface area contributed by atoms with Crippen LogP contribution in [0.15, 0.2) is 16.5 Å². The normalized spacial score (nSPS) is 10.5. The highest BCUT2D eigenvalue weighted by atomic mass is 32.2. The molecule has 0 radical (unpaired) electrons. The van der Waals surface area contributed by atoms with Crippen molar-refractivity contribution >= 4 is 11.8 Å². The van der Waals surface area contributed by atoms with E-state index in [1.54, 1.807) is 0 Å². The van der Waals surface area contributed by atoms with Gasteiger partial charge in [0.15, 0.2) is 0 Å². The largest absolute Gasteiger partial charge is 0.466 e. The SMILES string of the molecule is Cc1ccc(CSCCCN)o1. The van der Waals surface area contributed by atoms with E-state index < -0.39 is 0 Å². The van der Waals surface area contributed by atoms with E-state index in [1.807, 2.05) is 30.8 Å². The second-order valence-electron chi connectivity index (χ2n) is 2.71. The number of thioether (sulfide) groups is 1. The Hall–Kier alpha value is -0.410. The summed E-state index contributed by atoms with van der Waals surface area (Å²) in [6, 6.07) is 4.03. The smallest absolute Gasteiger partial charge is 0.114 e. The van der Waals surface area contributed by atoms with Gasteiger partial charge in [-0.3, -0.25) is 0 Å². The fourth-order valence-electron chi connectivity index (χ4n) is 0.921. The highest BCUT2D eigenvalue weighted by molar-refractivity contribution is 7.98. The molecule has 3 heteroatoms. The fraction of sp³-hybridized carbons (Fsp3) is 0.556. The lowest BCUT2D eigenvalue weighted by molar-refractivity contribution is 0.501. The summed E-state index contributed by atoms with van der Waals surface area (Å²) in [6.45, 7) is 2.75. The van der Waals surface area contributed by atoms with Crippen molar-refractivity contribution in [1.29, 1.82) is 0 Å². The summed E-state index contributed by atoms with van der Waals surface area (Å²) in [4.78, 5) is 0. The summed E-state index contributed by atoms with van der Waals surface area (Å²) < 4.78 is 5.41. The summed E-state index contributed by atoms with van der Waals surface area (Å²) in [7, 11) is 0. The number of aryl methyl sites for hydroxylation is 1. The van der Waals surface area contributed by atoms with Crippen LogP contribution < -0.4 is 5.73 Å². The van der Waals surface area contributed by atoms with Gasteiger partial charge in [-0.15, -0.1) is 0 Å². The molecule has 2 N–H and O–H groups in total. The number of hydrogen-bond donors (Lipinski definition) is 1. The minimum absolute atomic E-state index is 0.782. The number of rotatable bonds is 5. The van der Waals surface area contributed by atoms with E-state index in [9.17, 15) is 0 Å². The van der Waals surface area contributed by atoms with Gasteiger partial charge in [-0.1, -0.05) is 0 Å². The molecule has 0 aliphatic heterocycles. The maximum Gasteiger partial charge on any atom is 0.114 e. The van der Waals surface area contributed by atoms with Crippen molar-refractivity contribution in [2.45, 2.75) is 19.1 Å². The zero-order valence-electron chi connectivity index (χ0n) is 7.38. The molecular weight excluding hydrogens is 170 g/mol. The van der Waals surface area contributed by atoms with Gasteiger partial charge in [0, 0.05) is 0 Å². The molecular formula is C9H15NOS. The van der Waals surface area contributed by atoms with Crippen molar-refractivity contribution in [2.24, 2.45) is 5.73 Å². The summed E-state index contributed by atoms with van der Waals surface area (Å²) in [6.07, 6.45) is 1.09. The molecule has 1 rings (SSSR count). The minimum atomic E-state index is 0.782. The molecule has 0 fully saturated rings. The van der Waals surface area contributed by atoms with Gasteiger partial charge in [-0.2, -0.15) is 11.8 Å². The van der Waals surface area contributed by atoms with E-state index in [4.69, 9.17) is 10.2 Å². The lowest BCUT2D eigenvalue weighted by Crippen LogP contribution is -1.99. The summed E-state index contributed by atoms with van der Waals surface area (Å²) in [5.74, 6) is 4.14. The Morgan fingerprint density at radius 1 is 1.50 bits per heavy atom. The zero-order chi connectivity index (χ0) is 8.81. The lowest BCUT2D eigenvalue weighted by Gasteiger charge is -1.96. The molecule has 0 unspecified atom stereocenters. The monoisotopic (exact) mass is 185 g/mol. The first-order valence-corrected chi connectivity index (χ1v) is 5.31. The van der Waals surface area contributed by atoms with E-state index in [0.29, 0.717) is 0 Å². The average molecular weight is 185 g/mol. The summed E-state index contributed by atoms with van der Waals surface area (Å²) >= 11 is 1.87. The number of furan rings is 1. The van der Waals surface area contributed by atoms with Gasteiger partial charge < -0.3 is 10.2 Å². The minimum Gasteiger partial charge on any atom is -0.466 e. The highest BCUT2D eigenvalue weighted by Crippen LogP contribution is 2.15. The predicted molar refractivity (Wildman–Crippen MR) is 53.3 cm³/mol. The Bertz CT molecular complexity index is 222. The molecule has 1 aromatic rings. The molecule has 0 aliphatic rings. The molecule has 0 atom stereocenters. The fourth-order valence-corrected chi connectivity index (χ4v) is 1.79. The lowest BCUT2D eigenvalue weighted by atomic mass is 10.5. The molecule has 0 saturated carbocycles. The van der Waals surface area contributed by atoms with Crippen LogP contribution in [0.1, 0.15) is 17.9 Å². The maximum atomic E-state index is 5.41. The van der Waals surface area contributed by atoms with Gasteiger partial charge >= 0.3 is 0 Å². The van der Waals surface area contributed by atoms with Crippen molar-refractivity contribution < 1.29 is 4.42 Å². The third-order valence-electron chi connectivity index (χ3n) is 1.53. The van der Waals surface area contributed by atoms with Crippen molar-refractivity contribution in [2.75, 3.05) is 12.3 Å². The average Bonchev–Trinajstić information content (AvgIpc) is 2.45. The first-order valence-electron chi connectivity index (χ1n) is 4.16. The first-order chi connectivity index (χ1) is 5.83. The Morgan fingerprint density at radius 3 is 2.92 bits per heavy atom. The molecule has 0 aromatic carbocycles. The summed E-state index contributed by atoms with van der Waals surface area (Å²) in [5.41, 5.74) is 5.38. The third kappa shape index (κ3) is 3.32. The van der Waals surface area contributed by atoms with Crippen molar-refractivity contribution in [3.8, 4) is 0 Å². The molecule has 0 aliphatic carbocycles. The third-order valence-corrected chi connectivity index (χ3v) is 2.60. The van der Waals surface area contributed by atoms with Crippen LogP contribution in [0.25, 0.3) is 0 Å². The molecule has 1 aromatic heterocycles. The van der Waals surface area contributed by atoms with Crippen LogP contribution in [0.2, 0.25) is 0 Å². The standard InChI is InChI=1S/C9H15NOS/c1-8-3-4-9(11-8)7-12-6-2-5-10/h3-4H,2,5-7,10H2,1H3. The van der Waals surface area contributed by atoms with E-state index in [0.717, 1.165) is 36.0 Å². The van der Waals surface area contributed by atoms with Crippen LogP contribution in [0.3, 0.4) is 0 Å². The topological polar surface area (TPSA) is 39.2 Å². The van der Waals surface area contributed by atoms with Crippen LogP contribution >= 0.6 is 11.8 Å². The van der Waals surface area contributed by atoms with Crippen LogP contribution in [0.4, 0.5) is 0 Å². The quantitative estimate of drug-likeness (QED) is 0.714. The van der Waals surface area contributed by atoms with Crippen LogP contribution in [-0.2, 0) is 5.75 Å². The highest BCUT2D eigenvalue weighted by Gasteiger charge is 1.97. The Morgan fingerprint density at radius 2 is 2.33 bits per heavy atom. The van der Waals surface area contributed by atoms with E-state index in [-0.39, 0.29) is 0 Å². The van der Waals surface area contributed by atoms with Crippen molar-refractivity contribution in [1.82, 2.24) is 0 Å². The van der Waals surface area contributed by atoms with E-state index >= 15 is 0 Å². The van der Waals surface area contributed by atoms with E-state index in [1.165, 1.54) is 0 Å². The zero-order valence-corrected chi connectivity index (χ0v) is 8.19. The van der Waals surface area contributed by atoms with Gasteiger partial charge in [-0.25, -0.2) is 0 Å². The Kier molecular flexibility index (Phi) is 4.25. The van der Waals surface area contributed by atoms with Crippen molar-refractivity contribution in [3.05, 3.63) is 23.7 Å². The molecule has 1 heterocycles. The maximum absolute atomic E-state index is 5.41. The van der Waals surface area contributed by atoms with Crippen LogP contribution in [0.5, 0.6) is 0 Å². The molecule has 0 spiro atoms. The molecule has 12 heavy (non-hydrogen) atoms. The Labute approximate surface area is 77.5 Å². The molecule has 0 amide bonds. The number of hydrogen-bond acceptors (Lipinski definition) is 3. The van der Waals surface area contributed by atoms with E-state index in [2.05, 4.69) is 0 Å². The van der Waals surface area contributed by atoms with Gasteiger partial charge in [0.1, 0.15) is 11.5 Å². The van der Waals surface area contributed by atoms with Crippen LogP contribution in [0, 0.1) is 6.92 Å². The Balaban J connectivity index is 2.15. The second-order valence-corrected chi connectivity index (χ2v) is 3.81. The molecule has 0 saturated heterocycles. The van der Waals surface area contributed by atoms with Gasteiger partial charge in [0.2, 0.25) is 0 Å². The summed E-state index contributed by atoms with van der Waals surface area (Å²) in [5, 5.41) is 0. The van der Waals surface area contributed by atoms with Gasteiger partial charge in [-0.05, 0) is 37.8 Å².